The van der Waals surface area contributed by atoms with Gasteiger partial charge in [-0.15, -0.1) is 0 Å². The topological polar surface area (TPSA) is 208 Å². The molecular weight excluding hydrogens is 712 g/mol. The van der Waals surface area contributed by atoms with Gasteiger partial charge in [0.1, 0.15) is 42.7 Å². The third kappa shape index (κ3) is 5.44. The average Bonchev–Trinajstić information content (AvgIpc) is 3.41. The van der Waals surface area contributed by atoms with Crippen molar-refractivity contribution in [3.63, 3.8) is 0 Å². The second kappa shape index (κ2) is 13.4. The first-order valence-corrected chi connectivity index (χ1v) is 20.9. The Morgan fingerprint density at radius 2 is 1.44 bits per heavy atom. The lowest BCUT2D eigenvalue weighted by molar-refractivity contribution is -0.367. The fraction of sp³-hybridized carbons (Fsp3) is 0.952. The number of hydrogen-bond acceptors (Lipinski definition) is 13. The SMILES string of the molecule is C[C@H]1O[C@@H](O[C@H]2CC[C@@]3(C)C(CC[C@]4(C)C3C=C[C@]35OC[C@@]6(CCC(C)(C)C[C@H]63)[C@@H](O)CC54C)[C@]2(C)CO)[C@H](O)[C@H](O[C@@H]2O[C@H](CO)[C@@H](O)[C@@H](O)[C@H]2O)[C@H]1O. The third-order valence-electron chi connectivity index (χ3n) is 17.9. The minimum atomic E-state index is -1.72. The average molecular weight is 781 g/mol. The van der Waals surface area contributed by atoms with Gasteiger partial charge in [-0.2, -0.15) is 0 Å². The maximum absolute atomic E-state index is 12.1. The van der Waals surface area contributed by atoms with Crippen LogP contribution in [0.25, 0.3) is 0 Å². The minimum Gasteiger partial charge on any atom is -0.396 e. The van der Waals surface area contributed by atoms with Crippen LogP contribution in [-0.4, -0.2) is 140 Å². The Morgan fingerprint density at radius 3 is 2.13 bits per heavy atom. The van der Waals surface area contributed by atoms with Gasteiger partial charge in [0.2, 0.25) is 0 Å². The lowest BCUT2D eigenvalue weighted by Gasteiger charge is -2.73. The van der Waals surface area contributed by atoms with Crippen LogP contribution in [0.3, 0.4) is 0 Å². The van der Waals surface area contributed by atoms with E-state index in [1.807, 2.05) is 0 Å². The third-order valence-corrected chi connectivity index (χ3v) is 17.9. The van der Waals surface area contributed by atoms with Crippen molar-refractivity contribution >= 4 is 0 Å². The van der Waals surface area contributed by atoms with E-state index in [1.54, 1.807) is 6.92 Å². The summed E-state index contributed by atoms with van der Waals surface area (Å²) in [5.74, 6) is 0.449. The summed E-state index contributed by atoms with van der Waals surface area (Å²) < 4.78 is 31.2. The van der Waals surface area contributed by atoms with Crippen LogP contribution in [0.1, 0.15) is 99.8 Å². The van der Waals surface area contributed by atoms with Crippen LogP contribution >= 0.6 is 0 Å². The first-order valence-electron chi connectivity index (χ1n) is 20.9. The van der Waals surface area contributed by atoms with E-state index < -0.39 is 91.2 Å². The number of allylic oxidation sites excluding steroid dienone is 1. The van der Waals surface area contributed by atoms with Crippen LogP contribution < -0.4 is 0 Å². The molecule has 0 amide bonds. The van der Waals surface area contributed by atoms with Gasteiger partial charge in [-0.3, -0.25) is 0 Å². The molecule has 4 saturated carbocycles. The second-order valence-corrected chi connectivity index (χ2v) is 21.0. The smallest absolute Gasteiger partial charge is 0.187 e. The summed E-state index contributed by atoms with van der Waals surface area (Å²) in [5, 5.41) is 87.0. The van der Waals surface area contributed by atoms with Crippen molar-refractivity contribution < 1.29 is 64.5 Å². The van der Waals surface area contributed by atoms with Gasteiger partial charge >= 0.3 is 0 Å². The highest BCUT2D eigenvalue weighted by atomic mass is 16.7. The zero-order chi connectivity index (χ0) is 39.9. The molecule has 21 atom stereocenters. The molecule has 3 aliphatic heterocycles. The summed E-state index contributed by atoms with van der Waals surface area (Å²) in [4.78, 5) is 0. The van der Waals surface area contributed by atoms with Gasteiger partial charge in [-0.1, -0.05) is 53.7 Å². The van der Waals surface area contributed by atoms with E-state index in [9.17, 15) is 40.9 Å². The molecule has 0 radical (unpaired) electrons. The Hall–Kier alpha value is -0.780. The highest BCUT2D eigenvalue weighted by molar-refractivity contribution is 5.36. The summed E-state index contributed by atoms with van der Waals surface area (Å²) in [7, 11) is 0. The van der Waals surface area contributed by atoms with Crippen LogP contribution in [0.15, 0.2) is 12.2 Å². The van der Waals surface area contributed by atoms with Gasteiger partial charge in [0.15, 0.2) is 12.6 Å². The Kier molecular flexibility index (Phi) is 9.95. The highest BCUT2D eigenvalue weighted by Gasteiger charge is 2.79. The number of aliphatic hydroxyl groups excluding tert-OH is 8. The Bertz CT molecular complexity index is 1490. The van der Waals surface area contributed by atoms with Crippen molar-refractivity contribution in [2.45, 2.75) is 179 Å². The standard InChI is InChI=1S/C42H68O13/c1-21-28(46)33(55-34-31(49)30(48)29(47)22(18-43)53-34)32(50)35(52-21)54-27-10-11-37(4)23(38(27,5)19-44)8-12-39(6)24(37)9-13-42-25-16-36(2,3)14-15-41(25,20-51-42)26(45)17-40(39,42)7/h9,13,21-35,43-50H,8,10-12,14-20H2,1-7H3/t21-,22-,23?,24?,25-,26+,27+,28+,29-,30-,31-,32-,33-,34+,35+,37+,38+,39-,40?,41-,42+/m1/s1. The van der Waals surface area contributed by atoms with Gasteiger partial charge in [0.05, 0.1) is 43.7 Å². The first-order chi connectivity index (χ1) is 25.7. The predicted octanol–water partition coefficient (Wildman–Crippen LogP) is 1.78. The molecule has 13 heteroatoms. The number of aliphatic hydroxyl groups is 8. The number of ether oxygens (including phenoxy) is 5. The maximum atomic E-state index is 12.1. The molecule has 55 heavy (non-hydrogen) atoms. The van der Waals surface area contributed by atoms with Crippen molar-refractivity contribution in [3.8, 4) is 0 Å². The van der Waals surface area contributed by atoms with E-state index in [2.05, 4.69) is 53.7 Å². The van der Waals surface area contributed by atoms with E-state index in [0.717, 1.165) is 38.5 Å². The fourth-order valence-corrected chi connectivity index (χ4v) is 14.3. The van der Waals surface area contributed by atoms with Gasteiger partial charge < -0.3 is 64.5 Å². The molecule has 8 rings (SSSR count). The molecule has 2 bridgehead atoms. The van der Waals surface area contributed by atoms with Crippen molar-refractivity contribution in [2.75, 3.05) is 19.8 Å². The van der Waals surface area contributed by atoms with Gasteiger partial charge in [0, 0.05) is 22.2 Å². The van der Waals surface area contributed by atoms with Crippen LogP contribution in [0, 0.1) is 50.2 Å². The molecule has 314 valence electrons. The normalized spacial score (nSPS) is 59.7. The van der Waals surface area contributed by atoms with E-state index >= 15 is 0 Å². The molecule has 0 aromatic rings. The number of fused-ring (bicyclic) bond motifs is 4. The Morgan fingerprint density at radius 1 is 0.727 bits per heavy atom. The molecule has 3 saturated heterocycles. The molecule has 7 fully saturated rings. The van der Waals surface area contributed by atoms with E-state index in [-0.39, 0.29) is 51.4 Å². The minimum absolute atomic E-state index is 0.0414. The molecule has 0 aromatic heterocycles. The van der Waals surface area contributed by atoms with Gasteiger partial charge in [-0.25, -0.2) is 0 Å². The lowest BCUT2D eigenvalue weighted by atomic mass is 9.32. The lowest BCUT2D eigenvalue weighted by Crippen LogP contribution is -2.72. The summed E-state index contributed by atoms with van der Waals surface area (Å²) >= 11 is 0. The summed E-state index contributed by atoms with van der Waals surface area (Å²) in [6, 6.07) is 0. The van der Waals surface area contributed by atoms with Crippen LogP contribution in [-0.2, 0) is 23.7 Å². The van der Waals surface area contributed by atoms with Crippen LogP contribution in [0.4, 0.5) is 0 Å². The molecule has 1 spiro atoms. The van der Waals surface area contributed by atoms with Crippen LogP contribution in [0.5, 0.6) is 0 Å². The van der Waals surface area contributed by atoms with Crippen molar-refractivity contribution in [1.29, 1.82) is 0 Å². The summed E-state index contributed by atoms with van der Waals surface area (Å²) in [6.07, 6.45) is -3.39. The summed E-state index contributed by atoms with van der Waals surface area (Å²) in [6.45, 7) is 15.4. The maximum Gasteiger partial charge on any atom is 0.187 e. The number of hydrogen-bond donors (Lipinski definition) is 8. The molecule has 13 nitrogen and oxygen atoms in total. The highest BCUT2D eigenvalue weighted by Crippen LogP contribution is 2.79. The monoisotopic (exact) mass is 780 g/mol. The second-order valence-electron chi connectivity index (χ2n) is 21.0. The molecule has 5 aliphatic carbocycles. The van der Waals surface area contributed by atoms with E-state index in [4.69, 9.17) is 23.7 Å². The Labute approximate surface area is 325 Å². The van der Waals surface area contributed by atoms with E-state index in [1.165, 1.54) is 0 Å². The van der Waals surface area contributed by atoms with Gasteiger partial charge in [0.25, 0.3) is 0 Å². The quantitative estimate of drug-likeness (QED) is 0.143. The summed E-state index contributed by atoms with van der Waals surface area (Å²) in [5.41, 5.74) is -1.90. The largest absolute Gasteiger partial charge is 0.396 e. The van der Waals surface area contributed by atoms with Crippen molar-refractivity contribution in [1.82, 2.24) is 0 Å². The molecule has 8 aliphatic rings. The number of rotatable bonds is 6. The van der Waals surface area contributed by atoms with Crippen molar-refractivity contribution in [3.05, 3.63) is 12.2 Å². The zero-order valence-corrected chi connectivity index (χ0v) is 33.7. The molecule has 8 N–H and O–H groups in total. The fourth-order valence-electron chi connectivity index (χ4n) is 14.3. The first kappa shape index (κ1) is 41.0. The molecule has 3 heterocycles. The molecule has 0 aromatic carbocycles. The van der Waals surface area contributed by atoms with Crippen molar-refractivity contribution in [2.24, 2.45) is 50.2 Å². The molecular formula is C42H68O13. The Balaban J connectivity index is 1.05. The van der Waals surface area contributed by atoms with Crippen LogP contribution in [0.2, 0.25) is 0 Å². The molecule has 3 unspecified atom stereocenters. The predicted molar refractivity (Wildman–Crippen MR) is 197 cm³/mol. The van der Waals surface area contributed by atoms with E-state index in [0.29, 0.717) is 19.4 Å². The van der Waals surface area contributed by atoms with Gasteiger partial charge in [-0.05, 0) is 86.4 Å². The zero-order valence-electron chi connectivity index (χ0n) is 33.7.